The maximum absolute atomic E-state index is 11.7. The standard InChI is InChI=1S/C21H20O5/c1-4-14-10-21(23)26-20-11-17(6-7-18(14)20)25-12-16-9-15(13(2)22)5-8-19(16)24-3/h5-11H,4,12H2,1-3H3. The van der Waals surface area contributed by atoms with Crippen molar-refractivity contribution in [3.05, 3.63) is 69.6 Å². The van der Waals surface area contributed by atoms with Crippen LogP contribution in [0.4, 0.5) is 0 Å². The van der Waals surface area contributed by atoms with Crippen molar-refractivity contribution in [1.82, 2.24) is 0 Å². The molecule has 0 saturated heterocycles. The molecule has 0 aliphatic heterocycles. The topological polar surface area (TPSA) is 65.7 Å². The van der Waals surface area contributed by atoms with Gasteiger partial charge in [0.2, 0.25) is 0 Å². The fraction of sp³-hybridized carbons (Fsp3) is 0.238. The van der Waals surface area contributed by atoms with Gasteiger partial charge in [0.25, 0.3) is 0 Å². The Bertz CT molecular complexity index is 1020. The number of carbonyl (C=O) groups excluding carboxylic acids is 1. The summed E-state index contributed by atoms with van der Waals surface area (Å²) in [7, 11) is 1.57. The molecule has 0 aliphatic rings. The third kappa shape index (κ3) is 3.61. The monoisotopic (exact) mass is 352 g/mol. The number of Topliss-reactive ketones (excluding diaryl/α,β-unsaturated/α-hetero) is 1. The lowest BCUT2D eigenvalue weighted by molar-refractivity contribution is 0.101. The van der Waals surface area contributed by atoms with Crippen LogP contribution in [0.25, 0.3) is 11.0 Å². The molecule has 5 nitrogen and oxygen atoms in total. The molecule has 1 aromatic heterocycles. The zero-order chi connectivity index (χ0) is 18.7. The zero-order valence-corrected chi connectivity index (χ0v) is 15.0. The lowest BCUT2D eigenvalue weighted by Gasteiger charge is -2.12. The number of methoxy groups -OCH3 is 1. The minimum absolute atomic E-state index is 0.0199. The van der Waals surface area contributed by atoms with Gasteiger partial charge in [0.15, 0.2) is 5.78 Å². The fourth-order valence-electron chi connectivity index (χ4n) is 2.86. The summed E-state index contributed by atoms with van der Waals surface area (Å²) >= 11 is 0. The third-order valence-electron chi connectivity index (χ3n) is 4.26. The van der Waals surface area contributed by atoms with Gasteiger partial charge in [-0.05, 0) is 49.2 Å². The normalized spacial score (nSPS) is 10.7. The van der Waals surface area contributed by atoms with Crippen molar-refractivity contribution in [2.45, 2.75) is 26.9 Å². The minimum Gasteiger partial charge on any atom is -0.496 e. The highest BCUT2D eigenvalue weighted by Gasteiger charge is 2.10. The molecule has 0 aliphatic carbocycles. The van der Waals surface area contributed by atoms with Gasteiger partial charge in [-0.15, -0.1) is 0 Å². The summed E-state index contributed by atoms with van der Waals surface area (Å²) in [6.45, 7) is 3.74. The molecule has 0 atom stereocenters. The number of fused-ring (bicyclic) bond motifs is 1. The third-order valence-corrected chi connectivity index (χ3v) is 4.26. The highest BCUT2D eigenvalue weighted by atomic mass is 16.5. The van der Waals surface area contributed by atoms with Crippen molar-refractivity contribution in [3.63, 3.8) is 0 Å². The summed E-state index contributed by atoms with van der Waals surface area (Å²) in [5, 5.41) is 0.899. The lowest BCUT2D eigenvalue weighted by Crippen LogP contribution is -2.03. The van der Waals surface area contributed by atoms with Crippen molar-refractivity contribution in [3.8, 4) is 11.5 Å². The van der Waals surface area contributed by atoms with Crippen molar-refractivity contribution in [2.75, 3.05) is 7.11 Å². The van der Waals surface area contributed by atoms with Gasteiger partial charge in [0, 0.05) is 28.6 Å². The Labute approximate surface area is 151 Å². The van der Waals surface area contributed by atoms with Crippen LogP contribution in [0.2, 0.25) is 0 Å². The second kappa shape index (κ2) is 7.44. The molecule has 0 spiro atoms. The smallest absolute Gasteiger partial charge is 0.336 e. The molecule has 0 N–H and O–H groups in total. The Balaban J connectivity index is 1.89. The Hall–Kier alpha value is -3.08. The molecular formula is C21H20O5. The minimum atomic E-state index is -0.373. The molecule has 134 valence electrons. The number of hydrogen-bond donors (Lipinski definition) is 0. The Morgan fingerprint density at radius 2 is 1.88 bits per heavy atom. The first kappa shape index (κ1) is 17.7. The van der Waals surface area contributed by atoms with E-state index < -0.39 is 0 Å². The maximum Gasteiger partial charge on any atom is 0.336 e. The van der Waals surface area contributed by atoms with E-state index in [0.717, 1.165) is 22.9 Å². The number of aryl methyl sites for hydroxylation is 1. The molecule has 2 aromatic carbocycles. The van der Waals surface area contributed by atoms with E-state index in [1.165, 1.54) is 13.0 Å². The van der Waals surface area contributed by atoms with Crippen LogP contribution in [0.15, 0.2) is 51.7 Å². The van der Waals surface area contributed by atoms with Gasteiger partial charge in [-0.3, -0.25) is 4.79 Å². The molecule has 1 heterocycles. The van der Waals surface area contributed by atoms with E-state index in [2.05, 4.69) is 0 Å². The molecule has 0 amide bonds. The second-order valence-electron chi connectivity index (χ2n) is 5.97. The predicted octanol–water partition coefficient (Wildman–Crippen LogP) is 4.15. The van der Waals surface area contributed by atoms with E-state index in [1.807, 2.05) is 19.1 Å². The van der Waals surface area contributed by atoms with Crippen LogP contribution in [0, 0.1) is 0 Å². The van der Waals surface area contributed by atoms with Crippen molar-refractivity contribution < 1.29 is 18.7 Å². The van der Waals surface area contributed by atoms with Crippen LogP contribution >= 0.6 is 0 Å². The van der Waals surface area contributed by atoms with Gasteiger partial charge in [0.1, 0.15) is 23.7 Å². The van der Waals surface area contributed by atoms with Crippen molar-refractivity contribution >= 4 is 16.8 Å². The summed E-state index contributed by atoms with van der Waals surface area (Å²) in [5.41, 5.74) is 2.43. The molecule has 0 unspecified atom stereocenters. The van der Waals surface area contributed by atoms with Crippen LogP contribution in [-0.4, -0.2) is 12.9 Å². The van der Waals surface area contributed by atoms with Crippen molar-refractivity contribution in [1.29, 1.82) is 0 Å². The molecule has 0 radical (unpaired) electrons. The summed E-state index contributed by atoms with van der Waals surface area (Å²) in [5.74, 6) is 1.20. The number of rotatable bonds is 6. The number of ether oxygens (including phenoxy) is 2. The molecule has 3 rings (SSSR count). The summed E-state index contributed by atoms with van der Waals surface area (Å²) < 4.78 is 16.5. The average molecular weight is 352 g/mol. The van der Waals surface area contributed by atoms with E-state index in [4.69, 9.17) is 13.9 Å². The molecule has 0 bridgehead atoms. The highest BCUT2D eigenvalue weighted by Crippen LogP contribution is 2.26. The van der Waals surface area contributed by atoms with Crippen LogP contribution in [0.1, 0.15) is 35.3 Å². The van der Waals surface area contributed by atoms with E-state index in [-0.39, 0.29) is 18.0 Å². The first-order valence-corrected chi connectivity index (χ1v) is 8.39. The lowest BCUT2D eigenvalue weighted by atomic mass is 10.1. The Morgan fingerprint density at radius 1 is 1.08 bits per heavy atom. The van der Waals surface area contributed by atoms with Gasteiger partial charge in [-0.25, -0.2) is 4.79 Å². The summed E-state index contributed by atoms with van der Waals surface area (Å²) in [6.07, 6.45) is 0.747. The van der Waals surface area contributed by atoms with E-state index in [0.29, 0.717) is 22.6 Å². The predicted molar refractivity (Wildman–Crippen MR) is 99.2 cm³/mol. The highest BCUT2D eigenvalue weighted by molar-refractivity contribution is 5.94. The molecule has 5 heteroatoms. The van der Waals surface area contributed by atoms with Gasteiger partial charge in [0.05, 0.1) is 7.11 Å². The molecule has 26 heavy (non-hydrogen) atoms. The SMILES string of the molecule is CCc1cc(=O)oc2cc(OCc3cc(C(C)=O)ccc3OC)ccc12. The Kier molecular flexibility index (Phi) is 5.07. The van der Waals surface area contributed by atoms with E-state index >= 15 is 0 Å². The maximum atomic E-state index is 11.7. The largest absolute Gasteiger partial charge is 0.496 e. The molecular weight excluding hydrogens is 332 g/mol. The van der Waals surface area contributed by atoms with Crippen LogP contribution in [0.3, 0.4) is 0 Å². The molecule has 0 fully saturated rings. The number of hydrogen-bond acceptors (Lipinski definition) is 5. The van der Waals surface area contributed by atoms with Crippen LogP contribution < -0.4 is 15.1 Å². The fourth-order valence-corrected chi connectivity index (χ4v) is 2.86. The van der Waals surface area contributed by atoms with Gasteiger partial charge in [-0.1, -0.05) is 6.92 Å². The van der Waals surface area contributed by atoms with Gasteiger partial charge in [-0.2, -0.15) is 0 Å². The quantitative estimate of drug-likeness (QED) is 0.493. The second-order valence-corrected chi connectivity index (χ2v) is 5.97. The van der Waals surface area contributed by atoms with Gasteiger partial charge >= 0.3 is 5.63 Å². The zero-order valence-electron chi connectivity index (χ0n) is 15.0. The first-order valence-electron chi connectivity index (χ1n) is 8.39. The van der Waals surface area contributed by atoms with Crippen molar-refractivity contribution in [2.24, 2.45) is 0 Å². The van der Waals surface area contributed by atoms with Gasteiger partial charge < -0.3 is 13.9 Å². The van der Waals surface area contributed by atoms with Crippen LogP contribution in [0.5, 0.6) is 11.5 Å². The van der Waals surface area contributed by atoms with E-state index in [9.17, 15) is 9.59 Å². The number of carbonyl (C=O) groups is 1. The first-order chi connectivity index (χ1) is 12.5. The van der Waals surface area contributed by atoms with E-state index in [1.54, 1.807) is 31.4 Å². The molecule has 3 aromatic rings. The number of benzene rings is 2. The molecule has 0 saturated carbocycles. The summed E-state index contributed by atoms with van der Waals surface area (Å²) in [6, 6.07) is 12.2. The number of ketones is 1. The average Bonchev–Trinajstić information content (AvgIpc) is 2.64. The Morgan fingerprint density at radius 3 is 2.58 bits per heavy atom. The summed E-state index contributed by atoms with van der Waals surface area (Å²) in [4.78, 5) is 23.3. The van der Waals surface area contributed by atoms with Crippen LogP contribution in [-0.2, 0) is 13.0 Å².